The van der Waals surface area contributed by atoms with Crippen LogP contribution in [0, 0.1) is 46.3 Å². The maximum absolute atomic E-state index is 4.78. The number of hydrogen-bond donors (Lipinski definition) is 0. The zero-order valence-electron chi connectivity index (χ0n) is 26.8. The van der Waals surface area contributed by atoms with Gasteiger partial charge in [0.1, 0.15) is 0 Å². The Morgan fingerprint density at radius 2 is 1.11 bits per heavy atom. The van der Waals surface area contributed by atoms with Crippen molar-refractivity contribution in [1.29, 1.82) is 0 Å². The fraction of sp³-hybridized carbons (Fsp3) is 0.943. The summed E-state index contributed by atoms with van der Waals surface area (Å²) in [6.07, 6.45) is 17.5. The normalized spacial score (nSPS) is 38.3. The standard InChI is InChI=1S/C23H38B.3C4H9.Sn/c1-8-9-24(20-12-16-10-18(14(20)2)22(16,4)5)21-13-17-11-19(15(21)3)23(17,6)7;3*1-3-4-2;/h8-9,14-21H,1,10-13H2,2-7H3;3*1,3-4H2,2H3;/t14-,15-,16+,17+,18-,19-,20-,21-;;;;/m0..../s1. The van der Waals surface area contributed by atoms with E-state index in [0.717, 1.165) is 57.7 Å². The van der Waals surface area contributed by atoms with Crippen molar-refractivity contribution >= 4 is 25.1 Å². The molecule has 6 rings (SSSR count). The zero-order chi connectivity index (χ0) is 27.2. The van der Waals surface area contributed by atoms with E-state index in [1.807, 2.05) is 0 Å². The van der Waals surface area contributed by atoms with Gasteiger partial charge in [-0.1, -0.05) is 0 Å². The van der Waals surface area contributed by atoms with Gasteiger partial charge in [-0.25, -0.2) is 0 Å². The molecule has 0 radical (unpaired) electrons. The molecule has 0 spiro atoms. The Labute approximate surface area is 238 Å². The summed E-state index contributed by atoms with van der Waals surface area (Å²) in [4.78, 5) is 0. The molecule has 0 aliphatic heterocycles. The van der Waals surface area contributed by atoms with Gasteiger partial charge in [-0.05, 0) is 0 Å². The van der Waals surface area contributed by atoms with Crippen LogP contribution in [0.15, 0.2) is 12.7 Å². The fourth-order valence-electron chi connectivity index (χ4n) is 11.5. The molecule has 0 nitrogen and oxygen atoms in total. The molecule has 0 aromatic carbocycles. The molecule has 0 N–H and O–H groups in total. The average Bonchev–Trinajstić information content (AvgIpc) is 2.87. The van der Waals surface area contributed by atoms with Gasteiger partial charge in [0.05, 0.1) is 0 Å². The minimum atomic E-state index is -2.48. The Bertz CT molecular complexity index is 705. The molecule has 0 amide bonds. The van der Waals surface area contributed by atoms with Crippen molar-refractivity contribution in [3.63, 3.8) is 0 Å². The summed E-state index contributed by atoms with van der Waals surface area (Å²) in [6.45, 7) is 29.0. The van der Waals surface area contributed by atoms with E-state index in [1.54, 1.807) is 26.2 Å². The molecule has 0 heterocycles. The maximum atomic E-state index is 4.78. The van der Waals surface area contributed by atoms with Crippen LogP contribution in [0.1, 0.15) is 127 Å². The summed E-state index contributed by atoms with van der Waals surface area (Å²) < 4.78 is 5.87. The Kier molecular flexibility index (Phi) is 9.78. The summed E-state index contributed by atoms with van der Waals surface area (Å²) in [5, 5.41) is 0. The molecule has 6 aliphatic rings. The van der Waals surface area contributed by atoms with Gasteiger partial charge in [0, 0.05) is 0 Å². The van der Waals surface area contributed by atoms with Crippen molar-refractivity contribution in [3.05, 3.63) is 12.7 Å². The molecule has 6 aliphatic carbocycles. The van der Waals surface area contributed by atoms with E-state index >= 15 is 0 Å². The van der Waals surface area contributed by atoms with E-state index in [1.165, 1.54) is 51.4 Å². The molecule has 6 saturated carbocycles. The first kappa shape index (κ1) is 30.6. The second-order valence-electron chi connectivity index (χ2n) is 16.3. The first-order valence-corrected chi connectivity index (χ1v) is 24.8. The third kappa shape index (κ3) is 5.22. The van der Waals surface area contributed by atoms with E-state index in [0.29, 0.717) is 10.8 Å². The van der Waals surface area contributed by atoms with Crippen molar-refractivity contribution in [3.8, 4) is 0 Å². The van der Waals surface area contributed by atoms with Crippen LogP contribution >= 0.6 is 0 Å². The molecular formula is C35H65BSn. The average molecular weight is 615 g/mol. The number of rotatable bonds is 14. The van der Waals surface area contributed by atoms with Gasteiger partial charge in [0.2, 0.25) is 0 Å². The van der Waals surface area contributed by atoms with Crippen molar-refractivity contribution < 1.29 is 0 Å². The van der Waals surface area contributed by atoms with Crippen molar-refractivity contribution in [2.45, 2.75) is 155 Å². The molecule has 9 atom stereocenters. The number of unbranched alkanes of at least 4 members (excludes halogenated alkanes) is 3. The molecule has 0 unspecified atom stereocenters. The quantitative estimate of drug-likeness (QED) is 0.135. The fourth-order valence-corrected chi connectivity index (χ4v) is 30.7. The summed E-state index contributed by atoms with van der Waals surface area (Å²) in [5.74, 6) is 7.69. The molecule has 0 aromatic heterocycles. The van der Waals surface area contributed by atoms with Gasteiger partial charge in [-0.2, -0.15) is 0 Å². The SMILES string of the molecule is C=C[C@H](B([C@H]1C[C@H]2C[C@@H]([C@@H]1C)C2(C)C)[C@H]1C[C@H]2C[C@@H]([C@@H]1C)C2(C)C)[Sn]([CH2]CCC)([CH2]CCC)[CH2]CCC. The summed E-state index contributed by atoms with van der Waals surface area (Å²) in [6, 6.07) is 0. The topological polar surface area (TPSA) is 0 Å². The van der Waals surface area contributed by atoms with E-state index in [9.17, 15) is 0 Å². The van der Waals surface area contributed by atoms with Crippen LogP contribution < -0.4 is 0 Å². The third-order valence-corrected chi connectivity index (χ3v) is 31.6. The molecule has 6 fully saturated rings. The van der Waals surface area contributed by atoms with E-state index in [4.69, 9.17) is 6.58 Å². The van der Waals surface area contributed by atoms with Crippen molar-refractivity contribution in [2.24, 2.45) is 46.3 Å². The van der Waals surface area contributed by atoms with Crippen LogP contribution in [0.2, 0.25) is 28.8 Å². The minimum absolute atomic E-state index is 0.597. The Hall–Kier alpha value is 0.604. The first-order valence-electron chi connectivity index (χ1n) is 17.1. The Morgan fingerprint density at radius 1 is 0.730 bits per heavy atom. The Morgan fingerprint density at radius 3 is 1.38 bits per heavy atom. The summed E-state index contributed by atoms with van der Waals surface area (Å²) in [5.41, 5.74) is 1.19. The number of hydrogen-bond acceptors (Lipinski definition) is 0. The van der Waals surface area contributed by atoms with Gasteiger partial charge >= 0.3 is 239 Å². The van der Waals surface area contributed by atoms with Gasteiger partial charge in [0.25, 0.3) is 0 Å². The molecule has 4 bridgehead atoms. The van der Waals surface area contributed by atoms with Crippen LogP contribution in [0.25, 0.3) is 0 Å². The van der Waals surface area contributed by atoms with Crippen LogP contribution in [0.4, 0.5) is 0 Å². The van der Waals surface area contributed by atoms with Gasteiger partial charge < -0.3 is 0 Å². The molecule has 37 heavy (non-hydrogen) atoms. The van der Waals surface area contributed by atoms with E-state index in [-0.39, 0.29) is 0 Å². The van der Waals surface area contributed by atoms with Gasteiger partial charge in [-0.3, -0.25) is 0 Å². The zero-order valence-corrected chi connectivity index (χ0v) is 29.6. The van der Waals surface area contributed by atoms with Gasteiger partial charge in [0.15, 0.2) is 0 Å². The second-order valence-corrected chi connectivity index (χ2v) is 30.2. The van der Waals surface area contributed by atoms with E-state index in [2.05, 4.69) is 68.4 Å². The molecule has 0 aromatic rings. The summed E-state index contributed by atoms with van der Waals surface area (Å²) in [7, 11) is 0. The molecule has 212 valence electrons. The first-order chi connectivity index (χ1) is 17.5. The summed E-state index contributed by atoms with van der Waals surface area (Å²) >= 11 is -2.48. The van der Waals surface area contributed by atoms with Crippen LogP contribution in [-0.2, 0) is 0 Å². The van der Waals surface area contributed by atoms with Crippen LogP contribution in [-0.4, -0.2) is 25.1 Å². The third-order valence-electron chi connectivity index (χ3n) is 14.3. The van der Waals surface area contributed by atoms with Crippen LogP contribution in [0.5, 0.6) is 0 Å². The monoisotopic (exact) mass is 616 g/mol. The predicted molar refractivity (Wildman–Crippen MR) is 170 cm³/mol. The Balaban J connectivity index is 1.76. The van der Waals surface area contributed by atoms with Crippen molar-refractivity contribution in [2.75, 3.05) is 0 Å². The van der Waals surface area contributed by atoms with Gasteiger partial charge in [-0.15, -0.1) is 0 Å². The van der Waals surface area contributed by atoms with Crippen LogP contribution in [0.3, 0.4) is 0 Å². The molecule has 2 heteroatoms. The molecule has 0 saturated heterocycles. The number of fused-ring (bicyclic) bond motifs is 4. The van der Waals surface area contributed by atoms with Crippen molar-refractivity contribution in [1.82, 2.24) is 0 Å². The number of allylic oxidation sites excluding steroid dienone is 1. The predicted octanol–water partition coefficient (Wildman–Crippen LogP) is 11.6. The van der Waals surface area contributed by atoms with E-state index < -0.39 is 18.4 Å². The molecular weight excluding hydrogens is 550 g/mol. The second kappa shape index (κ2) is 11.8.